The lowest BCUT2D eigenvalue weighted by Crippen LogP contribution is -1.97. The van der Waals surface area contributed by atoms with Crippen LogP contribution in [0.15, 0.2) is 33.6 Å². The Kier molecular flexibility index (Phi) is 2.58. The van der Waals surface area contributed by atoms with E-state index in [1.807, 2.05) is 19.3 Å². The fraction of sp³-hybridized carbons (Fsp3) is 0.222. The molecule has 2 aromatic rings. The molecule has 4 nitrogen and oxygen atoms in total. The molecular weight excluding hydrogens is 246 g/mol. The number of nitrogens with zero attached hydrogens (tertiary/aromatic N) is 2. The third kappa shape index (κ3) is 1.98. The predicted molar refractivity (Wildman–Crippen MR) is 56.9 cm³/mol. The van der Waals surface area contributed by atoms with Crippen molar-refractivity contribution >= 4 is 21.6 Å². The van der Waals surface area contributed by atoms with Gasteiger partial charge in [-0.1, -0.05) is 0 Å². The Morgan fingerprint density at radius 3 is 3.07 bits per heavy atom. The van der Waals surface area contributed by atoms with Gasteiger partial charge < -0.3 is 9.73 Å². The molecule has 0 amide bonds. The van der Waals surface area contributed by atoms with Gasteiger partial charge in [-0.05, 0) is 22.0 Å². The molecule has 0 aliphatic rings. The van der Waals surface area contributed by atoms with Gasteiger partial charge in [-0.2, -0.15) is 5.10 Å². The van der Waals surface area contributed by atoms with Crippen molar-refractivity contribution in [3.63, 3.8) is 0 Å². The van der Waals surface area contributed by atoms with E-state index in [0.29, 0.717) is 6.54 Å². The monoisotopic (exact) mass is 255 g/mol. The first kappa shape index (κ1) is 9.33. The number of nitrogens with one attached hydrogen (secondary N) is 1. The molecule has 0 fully saturated rings. The van der Waals surface area contributed by atoms with E-state index in [1.54, 1.807) is 17.1 Å². The molecule has 2 aromatic heterocycles. The van der Waals surface area contributed by atoms with E-state index in [0.717, 1.165) is 15.9 Å². The number of hydrogen-bond acceptors (Lipinski definition) is 3. The topological polar surface area (TPSA) is 43.0 Å². The Bertz CT molecular complexity index is 421. The lowest BCUT2D eigenvalue weighted by atomic mass is 10.4. The van der Waals surface area contributed by atoms with Crippen molar-refractivity contribution in [3.8, 4) is 0 Å². The van der Waals surface area contributed by atoms with Crippen LogP contribution in [0.4, 0.5) is 5.69 Å². The van der Waals surface area contributed by atoms with Crippen LogP contribution in [0.2, 0.25) is 0 Å². The van der Waals surface area contributed by atoms with Crippen LogP contribution in [0, 0.1) is 0 Å². The Balaban J connectivity index is 1.98. The van der Waals surface area contributed by atoms with Crippen LogP contribution in [0.25, 0.3) is 0 Å². The van der Waals surface area contributed by atoms with Crippen molar-refractivity contribution in [3.05, 3.63) is 35.0 Å². The van der Waals surface area contributed by atoms with Gasteiger partial charge in [0, 0.05) is 13.2 Å². The maximum atomic E-state index is 5.26. The van der Waals surface area contributed by atoms with Gasteiger partial charge >= 0.3 is 0 Å². The number of furan rings is 1. The number of aromatic nitrogens is 2. The zero-order valence-corrected chi connectivity index (χ0v) is 9.28. The summed E-state index contributed by atoms with van der Waals surface area (Å²) < 4.78 is 7.99. The van der Waals surface area contributed by atoms with E-state index in [2.05, 4.69) is 26.3 Å². The largest absolute Gasteiger partial charge is 0.466 e. The average molecular weight is 256 g/mol. The summed E-state index contributed by atoms with van der Waals surface area (Å²) in [7, 11) is 1.88. The molecule has 0 aliphatic heterocycles. The molecule has 1 N–H and O–H groups in total. The second kappa shape index (κ2) is 3.88. The van der Waals surface area contributed by atoms with Crippen molar-refractivity contribution in [2.75, 3.05) is 5.32 Å². The number of rotatable bonds is 3. The number of aryl methyl sites for hydroxylation is 1. The van der Waals surface area contributed by atoms with Crippen LogP contribution in [-0.4, -0.2) is 9.78 Å². The third-order valence-corrected chi connectivity index (χ3v) is 2.56. The minimum atomic E-state index is 0.652. The molecule has 2 rings (SSSR count). The highest BCUT2D eigenvalue weighted by Crippen LogP contribution is 2.18. The fourth-order valence-corrected chi connectivity index (χ4v) is 1.49. The maximum Gasteiger partial charge on any atom is 0.136 e. The quantitative estimate of drug-likeness (QED) is 0.916. The van der Waals surface area contributed by atoms with Crippen LogP contribution >= 0.6 is 15.9 Å². The average Bonchev–Trinajstić information content (AvgIpc) is 2.72. The number of hydrogen-bond donors (Lipinski definition) is 1. The standard InChI is InChI=1S/C9H10BrN3O/c1-13-6-7(4-12-13)11-5-9-8(10)2-3-14-9/h2-4,6,11H,5H2,1H3. The Morgan fingerprint density at radius 2 is 2.50 bits per heavy atom. The Hall–Kier alpha value is -1.23. The summed E-state index contributed by atoms with van der Waals surface area (Å²) >= 11 is 3.39. The zero-order valence-electron chi connectivity index (χ0n) is 7.70. The van der Waals surface area contributed by atoms with E-state index in [1.165, 1.54) is 0 Å². The van der Waals surface area contributed by atoms with Crippen LogP contribution in [-0.2, 0) is 13.6 Å². The van der Waals surface area contributed by atoms with Crippen LogP contribution in [0.3, 0.4) is 0 Å². The highest BCUT2D eigenvalue weighted by Gasteiger charge is 2.03. The molecule has 74 valence electrons. The van der Waals surface area contributed by atoms with E-state index in [4.69, 9.17) is 4.42 Å². The molecule has 0 radical (unpaired) electrons. The van der Waals surface area contributed by atoms with E-state index >= 15 is 0 Å². The van der Waals surface area contributed by atoms with E-state index in [-0.39, 0.29) is 0 Å². The third-order valence-electron chi connectivity index (χ3n) is 1.85. The molecule has 0 saturated carbocycles. The second-order valence-corrected chi connectivity index (χ2v) is 3.80. The summed E-state index contributed by atoms with van der Waals surface area (Å²) in [5.41, 5.74) is 0.982. The summed E-state index contributed by atoms with van der Waals surface area (Å²) in [6.45, 7) is 0.652. The highest BCUT2D eigenvalue weighted by atomic mass is 79.9. The van der Waals surface area contributed by atoms with Crippen LogP contribution < -0.4 is 5.32 Å². The molecule has 14 heavy (non-hydrogen) atoms. The van der Waals surface area contributed by atoms with Gasteiger partial charge in [0.2, 0.25) is 0 Å². The fourth-order valence-electron chi connectivity index (χ4n) is 1.15. The predicted octanol–water partition coefficient (Wildman–Crippen LogP) is 2.39. The van der Waals surface area contributed by atoms with Crippen LogP contribution in [0.1, 0.15) is 5.76 Å². The van der Waals surface area contributed by atoms with Crippen molar-refractivity contribution in [2.45, 2.75) is 6.54 Å². The lowest BCUT2D eigenvalue weighted by molar-refractivity contribution is 0.516. The van der Waals surface area contributed by atoms with Crippen molar-refractivity contribution in [1.82, 2.24) is 9.78 Å². The summed E-state index contributed by atoms with van der Waals surface area (Å²) in [6.07, 6.45) is 5.35. The molecule has 2 heterocycles. The smallest absolute Gasteiger partial charge is 0.136 e. The Morgan fingerprint density at radius 1 is 1.64 bits per heavy atom. The molecular formula is C9H10BrN3O. The van der Waals surface area contributed by atoms with Gasteiger partial charge in [0.05, 0.1) is 29.2 Å². The van der Waals surface area contributed by atoms with Gasteiger partial charge in [0.1, 0.15) is 5.76 Å². The molecule has 0 saturated heterocycles. The van der Waals surface area contributed by atoms with Crippen LogP contribution in [0.5, 0.6) is 0 Å². The number of halogens is 1. The van der Waals surface area contributed by atoms with Crippen molar-refractivity contribution < 1.29 is 4.42 Å². The van der Waals surface area contributed by atoms with Gasteiger partial charge in [0.25, 0.3) is 0 Å². The number of anilines is 1. The first-order valence-electron chi connectivity index (χ1n) is 4.20. The van der Waals surface area contributed by atoms with E-state index < -0.39 is 0 Å². The first-order chi connectivity index (χ1) is 6.75. The van der Waals surface area contributed by atoms with Crippen molar-refractivity contribution in [2.24, 2.45) is 7.05 Å². The summed E-state index contributed by atoms with van der Waals surface area (Å²) in [6, 6.07) is 1.88. The molecule has 0 bridgehead atoms. The van der Waals surface area contributed by atoms with Gasteiger partial charge in [-0.3, -0.25) is 4.68 Å². The summed E-state index contributed by atoms with van der Waals surface area (Å²) in [5.74, 6) is 0.883. The minimum Gasteiger partial charge on any atom is -0.466 e. The molecule has 0 aliphatic carbocycles. The molecule has 0 atom stereocenters. The summed E-state index contributed by atoms with van der Waals surface area (Å²) in [5, 5.41) is 7.25. The molecule has 0 unspecified atom stereocenters. The van der Waals surface area contributed by atoms with Gasteiger partial charge in [-0.25, -0.2) is 0 Å². The second-order valence-electron chi connectivity index (χ2n) is 2.95. The van der Waals surface area contributed by atoms with Crippen molar-refractivity contribution in [1.29, 1.82) is 0 Å². The normalized spacial score (nSPS) is 10.4. The first-order valence-corrected chi connectivity index (χ1v) is 4.99. The van der Waals surface area contributed by atoms with Gasteiger partial charge in [0.15, 0.2) is 0 Å². The maximum absolute atomic E-state index is 5.26. The van der Waals surface area contributed by atoms with E-state index in [9.17, 15) is 0 Å². The zero-order chi connectivity index (χ0) is 9.97. The SMILES string of the molecule is Cn1cc(NCc2occc2Br)cn1. The highest BCUT2D eigenvalue weighted by molar-refractivity contribution is 9.10. The minimum absolute atomic E-state index is 0.652. The molecule has 0 aromatic carbocycles. The molecule has 0 spiro atoms. The Labute approximate surface area is 90.0 Å². The van der Waals surface area contributed by atoms with Gasteiger partial charge in [-0.15, -0.1) is 0 Å². The summed E-state index contributed by atoms with van der Waals surface area (Å²) in [4.78, 5) is 0. The lowest BCUT2D eigenvalue weighted by Gasteiger charge is -2.00. The molecule has 5 heteroatoms.